The number of carbonyl (C=O) groups is 2. The molecule has 0 aromatic heterocycles. The third-order valence-electron chi connectivity index (χ3n) is 2.13. The van der Waals surface area contributed by atoms with Gasteiger partial charge in [0.1, 0.15) is 0 Å². The van der Waals surface area contributed by atoms with E-state index in [1.165, 1.54) is 6.92 Å². The molecule has 0 radical (unpaired) electrons. The quantitative estimate of drug-likeness (QED) is 0.695. The van der Waals surface area contributed by atoms with Crippen LogP contribution in [-0.2, 0) is 16.1 Å². The first-order chi connectivity index (χ1) is 8.49. The van der Waals surface area contributed by atoms with E-state index in [9.17, 15) is 9.59 Å². The summed E-state index contributed by atoms with van der Waals surface area (Å²) >= 11 is 5.72. The molecular formula is C12H15ClN2O3. The number of hydrogen-bond donors (Lipinski definition) is 3. The second-order valence-corrected chi connectivity index (χ2v) is 4.30. The lowest BCUT2D eigenvalue weighted by Crippen LogP contribution is -2.42. The van der Waals surface area contributed by atoms with Crippen LogP contribution in [0.3, 0.4) is 0 Å². The number of rotatable bonds is 4. The van der Waals surface area contributed by atoms with Gasteiger partial charge in [0.05, 0.1) is 6.10 Å². The van der Waals surface area contributed by atoms with Crippen molar-refractivity contribution >= 4 is 23.4 Å². The second kappa shape index (κ2) is 6.98. The maximum atomic E-state index is 11.4. The monoisotopic (exact) mass is 270 g/mol. The molecule has 1 rings (SSSR count). The van der Waals surface area contributed by atoms with Gasteiger partial charge in [-0.3, -0.25) is 9.59 Å². The van der Waals surface area contributed by atoms with Crippen molar-refractivity contribution in [3.63, 3.8) is 0 Å². The van der Waals surface area contributed by atoms with Gasteiger partial charge >= 0.3 is 11.8 Å². The van der Waals surface area contributed by atoms with Crippen LogP contribution in [-0.4, -0.2) is 29.6 Å². The third-order valence-corrected chi connectivity index (χ3v) is 2.38. The van der Waals surface area contributed by atoms with Crippen molar-refractivity contribution in [2.45, 2.75) is 19.6 Å². The molecule has 0 saturated carbocycles. The molecule has 0 unspecified atom stereocenters. The molecule has 0 fully saturated rings. The number of hydrogen-bond acceptors (Lipinski definition) is 3. The number of benzene rings is 1. The highest BCUT2D eigenvalue weighted by atomic mass is 35.5. The summed E-state index contributed by atoms with van der Waals surface area (Å²) < 4.78 is 0. The lowest BCUT2D eigenvalue weighted by Gasteiger charge is -2.07. The summed E-state index contributed by atoms with van der Waals surface area (Å²) in [4.78, 5) is 22.6. The van der Waals surface area contributed by atoms with Crippen LogP contribution in [0.1, 0.15) is 12.5 Å². The minimum atomic E-state index is -0.759. The van der Waals surface area contributed by atoms with E-state index in [-0.39, 0.29) is 13.1 Å². The Balaban J connectivity index is 2.36. The number of halogens is 1. The number of aliphatic hydroxyl groups excluding tert-OH is 1. The van der Waals surface area contributed by atoms with Crippen molar-refractivity contribution < 1.29 is 14.7 Å². The summed E-state index contributed by atoms with van der Waals surface area (Å²) in [5.41, 5.74) is 0.844. The van der Waals surface area contributed by atoms with E-state index >= 15 is 0 Å². The SMILES string of the molecule is C[C@H](O)CNC(=O)C(=O)NCc1ccc(Cl)cc1. The van der Waals surface area contributed by atoms with Crippen LogP contribution in [0.5, 0.6) is 0 Å². The molecule has 5 nitrogen and oxygen atoms in total. The Morgan fingerprint density at radius 3 is 2.33 bits per heavy atom. The highest BCUT2D eigenvalue weighted by molar-refractivity contribution is 6.35. The maximum Gasteiger partial charge on any atom is 0.309 e. The van der Waals surface area contributed by atoms with Crippen molar-refractivity contribution in [2.24, 2.45) is 0 Å². The standard InChI is InChI=1S/C12H15ClN2O3/c1-8(16)6-14-11(17)12(18)15-7-9-2-4-10(13)5-3-9/h2-5,8,16H,6-7H2,1H3,(H,14,17)(H,15,18)/t8-/m0/s1. The Bertz CT molecular complexity index is 418. The molecule has 0 aliphatic rings. The average Bonchev–Trinajstić information content (AvgIpc) is 2.34. The molecule has 0 spiro atoms. The lowest BCUT2D eigenvalue weighted by molar-refractivity contribution is -0.139. The van der Waals surface area contributed by atoms with E-state index in [0.717, 1.165) is 5.56 Å². The van der Waals surface area contributed by atoms with E-state index in [2.05, 4.69) is 10.6 Å². The van der Waals surface area contributed by atoms with Gasteiger partial charge in [-0.25, -0.2) is 0 Å². The zero-order chi connectivity index (χ0) is 13.5. The first-order valence-electron chi connectivity index (χ1n) is 5.47. The first kappa shape index (κ1) is 14.5. The predicted molar refractivity (Wildman–Crippen MR) is 68.0 cm³/mol. The van der Waals surface area contributed by atoms with Crippen LogP contribution >= 0.6 is 11.6 Å². The van der Waals surface area contributed by atoms with Crippen LogP contribution in [0.25, 0.3) is 0 Å². The van der Waals surface area contributed by atoms with Gasteiger partial charge in [-0.05, 0) is 24.6 Å². The summed E-state index contributed by atoms with van der Waals surface area (Å²) in [5, 5.41) is 14.3. The number of amides is 2. The molecule has 0 heterocycles. The topological polar surface area (TPSA) is 78.4 Å². The Morgan fingerprint density at radius 1 is 1.22 bits per heavy atom. The van der Waals surface area contributed by atoms with Gasteiger partial charge in [0, 0.05) is 18.1 Å². The number of nitrogens with one attached hydrogen (secondary N) is 2. The van der Waals surface area contributed by atoms with Gasteiger partial charge in [0.15, 0.2) is 0 Å². The smallest absolute Gasteiger partial charge is 0.309 e. The molecular weight excluding hydrogens is 256 g/mol. The molecule has 18 heavy (non-hydrogen) atoms. The van der Waals surface area contributed by atoms with E-state index in [4.69, 9.17) is 16.7 Å². The van der Waals surface area contributed by atoms with Gasteiger partial charge in [-0.1, -0.05) is 23.7 Å². The van der Waals surface area contributed by atoms with Crippen LogP contribution in [0.4, 0.5) is 0 Å². The van der Waals surface area contributed by atoms with E-state index < -0.39 is 17.9 Å². The minimum Gasteiger partial charge on any atom is -0.392 e. The highest BCUT2D eigenvalue weighted by Crippen LogP contribution is 2.08. The Labute approximate surface area is 110 Å². The molecule has 98 valence electrons. The lowest BCUT2D eigenvalue weighted by atomic mass is 10.2. The summed E-state index contributed by atoms with van der Waals surface area (Å²) in [6, 6.07) is 6.93. The molecule has 0 bridgehead atoms. The molecule has 0 aliphatic heterocycles. The second-order valence-electron chi connectivity index (χ2n) is 3.87. The van der Waals surface area contributed by atoms with Crippen molar-refractivity contribution in [3.8, 4) is 0 Å². The van der Waals surface area contributed by atoms with E-state index in [1.54, 1.807) is 24.3 Å². The van der Waals surface area contributed by atoms with E-state index in [1.807, 2.05) is 0 Å². The van der Waals surface area contributed by atoms with Gasteiger partial charge < -0.3 is 15.7 Å². The van der Waals surface area contributed by atoms with Crippen molar-refractivity contribution in [1.29, 1.82) is 0 Å². The molecule has 0 saturated heterocycles. The van der Waals surface area contributed by atoms with Gasteiger partial charge in [0.2, 0.25) is 0 Å². The van der Waals surface area contributed by atoms with Gasteiger partial charge in [0.25, 0.3) is 0 Å². The number of aliphatic hydroxyl groups is 1. The fourth-order valence-electron chi connectivity index (χ4n) is 1.19. The summed E-state index contributed by atoms with van der Waals surface area (Å²) in [7, 11) is 0. The molecule has 6 heteroatoms. The van der Waals surface area contributed by atoms with Gasteiger partial charge in [-0.2, -0.15) is 0 Å². The summed E-state index contributed by atoms with van der Waals surface area (Å²) in [6.45, 7) is 1.82. The molecule has 0 aliphatic carbocycles. The van der Waals surface area contributed by atoms with Crippen LogP contribution < -0.4 is 10.6 Å². The molecule has 2 amide bonds. The molecule has 3 N–H and O–H groups in total. The number of carbonyl (C=O) groups excluding carboxylic acids is 2. The van der Waals surface area contributed by atoms with Gasteiger partial charge in [-0.15, -0.1) is 0 Å². The van der Waals surface area contributed by atoms with E-state index in [0.29, 0.717) is 5.02 Å². The van der Waals surface area contributed by atoms with Crippen molar-refractivity contribution in [2.75, 3.05) is 6.54 Å². The average molecular weight is 271 g/mol. The molecule has 1 aromatic carbocycles. The Kier molecular flexibility index (Phi) is 5.61. The highest BCUT2D eigenvalue weighted by Gasteiger charge is 2.12. The fourth-order valence-corrected chi connectivity index (χ4v) is 1.31. The fraction of sp³-hybridized carbons (Fsp3) is 0.333. The summed E-state index contributed by atoms with van der Waals surface area (Å²) in [5.74, 6) is -1.49. The predicted octanol–water partition coefficient (Wildman–Crippen LogP) is 0.453. The Hall–Kier alpha value is -1.59. The van der Waals surface area contributed by atoms with Crippen LogP contribution in [0.2, 0.25) is 5.02 Å². The minimum absolute atomic E-state index is 0.0488. The maximum absolute atomic E-state index is 11.4. The Morgan fingerprint density at radius 2 is 1.78 bits per heavy atom. The van der Waals surface area contributed by atoms with Crippen LogP contribution in [0, 0.1) is 0 Å². The summed E-state index contributed by atoms with van der Waals surface area (Å²) in [6.07, 6.45) is -0.682. The molecule has 1 aromatic rings. The van der Waals surface area contributed by atoms with Crippen LogP contribution in [0.15, 0.2) is 24.3 Å². The molecule has 1 atom stereocenters. The van der Waals surface area contributed by atoms with Crippen molar-refractivity contribution in [1.82, 2.24) is 10.6 Å². The first-order valence-corrected chi connectivity index (χ1v) is 5.85. The largest absolute Gasteiger partial charge is 0.392 e. The zero-order valence-corrected chi connectivity index (χ0v) is 10.7. The van der Waals surface area contributed by atoms with Crippen molar-refractivity contribution in [3.05, 3.63) is 34.9 Å². The normalized spacial score (nSPS) is 11.7. The zero-order valence-electron chi connectivity index (χ0n) is 9.94. The third kappa shape index (κ3) is 5.16.